The predicted molar refractivity (Wildman–Crippen MR) is 62.4 cm³/mol. The van der Waals surface area contributed by atoms with Crippen molar-refractivity contribution in [3.05, 3.63) is 28.8 Å². The second-order valence-electron chi connectivity index (χ2n) is 4.37. The van der Waals surface area contributed by atoms with Crippen molar-refractivity contribution in [1.29, 1.82) is 0 Å². The van der Waals surface area contributed by atoms with Gasteiger partial charge in [0.1, 0.15) is 0 Å². The monoisotopic (exact) mass is 217 g/mol. The van der Waals surface area contributed by atoms with Crippen LogP contribution in [0.25, 0.3) is 0 Å². The molecule has 0 aromatic heterocycles. The summed E-state index contributed by atoms with van der Waals surface area (Å²) in [6, 6.07) is 4.00. The molecular weight excluding hydrogens is 202 g/mol. The molecule has 2 rings (SSSR count). The van der Waals surface area contributed by atoms with Gasteiger partial charge in [0.2, 0.25) is 11.8 Å². The summed E-state index contributed by atoms with van der Waals surface area (Å²) < 4.78 is 0. The van der Waals surface area contributed by atoms with E-state index in [1.54, 1.807) is 0 Å². The first kappa shape index (κ1) is 10.9. The summed E-state index contributed by atoms with van der Waals surface area (Å²) in [6.07, 6.45) is 0.678. The van der Waals surface area contributed by atoms with Crippen molar-refractivity contribution in [2.24, 2.45) is 0 Å². The van der Waals surface area contributed by atoms with Gasteiger partial charge in [-0.15, -0.1) is 0 Å². The number of rotatable bonds is 1. The van der Waals surface area contributed by atoms with Crippen molar-refractivity contribution in [2.75, 3.05) is 4.90 Å². The Hall–Kier alpha value is -1.64. The molecule has 0 unspecified atom stereocenters. The minimum atomic E-state index is -0.0833. The zero-order valence-electron chi connectivity index (χ0n) is 9.83. The number of aryl methyl sites for hydroxylation is 3. The number of imide groups is 1. The minimum Gasteiger partial charge on any atom is -0.274 e. The van der Waals surface area contributed by atoms with Crippen LogP contribution in [0.3, 0.4) is 0 Å². The summed E-state index contributed by atoms with van der Waals surface area (Å²) in [6.45, 7) is 5.89. The standard InChI is InChI=1S/C13H15NO2/c1-8-6-9(2)13(10(3)7-8)14-11(15)4-5-12(14)16/h6-7H,4-5H2,1-3H3. The highest BCUT2D eigenvalue weighted by Crippen LogP contribution is 2.30. The number of hydrogen-bond acceptors (Lipinski definition) is 2. The predicted octanol–water partition coefficient (Wildman–Crippen LogP) is 2.27. The first-order valence-electron chi connectivity index (χ1n) is 5.44. The average molecular weight is 217 g/mol. The van der Waals surface area contributed by atoms with E-state index >= 15 is 0 Å². The van der Waals surface area contributed by atoms with E-state index in [4.69, 9.17) is 0 Å². The molecule has 0 saturated carbocycles. The largest absolute Gasteiger partial charge is 0.274 e. The van der Waals surface area contributed by atoms with Gasteiger partial charge in [-0.1, -0.05) is 17.7 Å². The smallest absolute Gasteiger partial charge is 0.234 e. The zero-order valence-corrected chi connectivity index (χ0v) is 9.83. The third kappa shape index (κ3) is 1.62. The van der Waals surface area contributed by atoms with Crippen LogP contribution < -0.4 is 4.90 Å². The van der Waals surface area contributed by atoms with Gasteiger partial charge in [0, 0.05) is 12.8 Å². The van der Waals surface area contributed by atoms with Gasteiger partial charge in [-0.05, 0) is 31.9 Å². The molecule has 1 aliphatic heterocycles. The lowest BCUT2D eigenvalue weighted by molar-refractivity contribution is -0.121. The van der Waals surface area contributed by atoms with Crippen LogP contribution in [0.4, 0.5) is 5.69 Å². The van der Waals surface area contributed by atoms with Crippen LogP contribution in [0, 0.1) is 20.8 Å². The fourth-order valence-corrected chi connectivity index (χ4v) is 2.35. The Labute approximate surface area is 95.1 Å². The Kier molecular flexibility index (Phi) is 2.54. The third-order valence-electron chi connectivity index (χ3n) is 2.91. The zero-order chi connectivity index (χ0) is 11.9. The highest BCUT2D eigenvalue weighted by molar-refractivity contribution is 6.20. The maximum atomic E-state index is 11.7. The normalized spacial score (nSPS) is 16.1. The molecule has 0 bridgehead atoms. The molecule has 1 aromatic carbocycles. The van der Waals surface area contributed by atoms with E-state index in [1.165, 1.54) is 4.90 Å². The third-order valence-corrected chi connectivity index (χ3v) is 2.91. The molecule has 16 heavy (non-hydrogen) atoms. The van der Waals surface area contributed by atoms with E-state index in [0.29, 0.717) is 12.8 Å². The van der Waals surface area contributed by atoms with Crippen LogP contribution in [0.1, 0.15) is 29.5 Å². The molecule has 1 aliphatic rings. The molecule has 0 radical (unpaired) electrons. The first-order valence-corrected chi connectivity index (χ1v) is 5.44. The number of carbonyl (C=O) groups excluding carboxylic acids is 2. The number of anilines is 1. The number of hydrogen-bond donors (Lipinski definition) is 0. The van der Waals surface area contributed by atoms with Gasteiger partial charge in [0.05, 0.1) is 5.69 Å². The number of nitrogens with zero attached hydrogens (tertiary/aromatic N) is 1. The quantitative estimate of drug-likeness (QED) is 0.677. The Balaban J connectivity index is 2.55. The Morgan fingerprint density at radius 3 is 1.81 bits per heavy atom. The highest BCUT2D eigenvalue weighted by atomic mass is 16.2. The highest BCUT2D eigenvalue weighted by Gasteiger charge is 2.32. The SMILES string of the molecule is Cc1cc(C)c(N2C(=O)CCC2=O)c(C)c1. The lowest BCUT2D eigenvalue weighted by Gasteiger charge is -2.19. The number of benzene rings is 1. The van der Waals surface area contributed by atoms with Crippen LogP contribution in [-0.2, 0) is 9.59 Å². The maximum Gasteiger partial charge on any atom is 0.234 e. The van der Waals surface area contributed by atoms with E-state index in [2.05, 4.69) is 0 Å². The first-order chi connectivity index (χ1) is 7.50. The van der Waals surface area contributed by atoms with Gasteiger partial charge >= 0.3 is 0 Å². The van der Waals surface area contributed by atoms with Crippen LogP contribution >= 0.6 is 0 Å². The van der Waals surface area contributed by atoms with Crippen LogP contribution in [-0.4, -0.2) is 11.8 Å². The van der Waals surface area contributed by atoms with Gasteiger partial charge in [0.15, 0.2) is 0 Å². The molecule has 1 aromatic rings. The van der Waals surface area contributed by atoms with Gasteiger partial charge in [-0.25, -0.2) is 0 Å². The lowest BCUT2D eigenvalue weighted by atomic mass is 10.0. The molecule has 84 valence electrons. The van der Waals surface area contributed by atoms with E-state index < -0.39 is 0 Å². The Morgan fingerprint density at radius 1 is 0.938 bits per heavy atom. The van der Waals surface area contributed by atoms with E-state index in [-0.39, 0.29) is 11.8 Å². The Bertz CT molecular complexity index is 438. The molecule has 1 heterocycles. The van der Waals surface area contributed by atoms with E-state index in [1.807, 2.05) is 32.9 Å². The van der Waals surface area contributed by atoms with Crippen LogP contribution in [0.2, 0.25) is 0 Å². The van der Waals surface area contributed by atoms with Crippen LogP contribution in [0.5, 0.6) is 0 Å². The van der Waals surface area contributed by atoms with Gasteiger partial charge in [-0.2, -0.15) is 0 Å². The summed E-state index contributed by atoms with van der Waals surface area (Å²) in [5, 5.41) is 0. The van der Waals surface area contributed by atoms with Crippen molar-refractivity contribution in [1.82, 2.24) is 0 Å². The molecule has 3 heteroatoms. The van der Waals surface area contributed by atoms with Crippen molar-refractivity contribution in [3.8, 4) is 0 Å². The average Bonchev–Trinajstić information content (AvgIpc) is 2.47. The van der Waals surface area contributed by atoms with Crippen molar-refractivity contribution >= 4 is 17.5 Å². The minimum absolute atomic E-state index is 0.0833. The molecular formula is C13H15NO2. The number of carbonyl (C=O) groups is 2. The summed E-state index contributed by atoms with van der Waals surface area (Å²) in [4.78, 5) is 24.7. The van der Waals surface area contributed by atoms with Crippen LogP contribution in [0.15, 0.2) is 12.1 Å². The van der Waals surface area contributed by atoms with Gasteiger partial charge in [0.25, 0.3) is 0 Å². The maximum absolute atomic E-state index is 11.7. The number of amides is 2. The summed E-state index contributed by atoms with van der Waals surface area (Å²) in [5.41, 5.74) is 3.90. The fraction of sp³-hybridized carbons (Fsp3) is 0.385. The molecule has 1 fully saturated rings. The molecule has 1 saturated heterocycles. The molecule has 3 nitrogen and oxygen atoms in total. The Morgan fingerprint density at radius 2 is 1.38 bits per heavy atom. The van der Waals surface area contributed by atoms with Crippen molar-refractivity contribution in [3.63, 3.8) is 0 Å². The van der Waals surface area contributed by atoms with Crippen molar-refractivity contribution < 1.29 is 9.59 Å². The molecule has 2 amide bonds. The molecule has 0 aliphatic carbocycles. The van der Waals surface area contributed by atoms with E-state index in [9.17, 15) is 9.59 Å². The summed E-state index contributed by atoms with van der Waals surface area (Å²) in [7, 11) is 0. The van der Waals surface area contributed by atoms with Gasteiger partial charge in [-0.3, -0.25) is 14.5 Å². The fourth-order valence-electron chi connectivity index (χ4n) is 2.35. The van der Waals surface area contributed by atoms with Crippen molar-refractivity contribution in [2.45, 2.75) is 33.6 Å². The molecule has 0 N–H and O–H groups in total. The second-order valence-corrected chi connectivity index (χ2v) is 4.37. The van der Waals surface area contributed by atoms with Gasteiger partial charge < -0.3 is 0 Å². The van der Waals surface area contributed by atoms with E-state index in [0.717, 1.165) is 22.4 Å². The second kappa shape index (κ2) is 3.74. The summed E-state index contributed by atoms with van der Waals surface area (Å²) in [5.74, 6) is -0.167. The molecule has 0 atom stereocenters. The summed E-state index contributed by atoms with van der Waals surface area (Å²) >= 11 is 0. The topological polar surface area (TPSA) is 37.4 Å². The molecule has 0 spiro atoms. The lowest BCUT2D eigenvalue weighted by Crippen LogP contribution is -2.30.